The highest BCUT2D eigenvalue weighted by molar-refractivity contribution is 8.00. The third kappa shape index (κ3) is 4.84. The van der Waals surface area contributed by atoms with Gasteiger partial charge >= 0.3 is 0 Å². The van der Waals surface area contributed by atoms with Gasteiger partial charge in [-0.05, 0) is 45.7 Å². The number of carbonyl (C=O) groups is 1. The van der Waals surface area contributed by atoms with Crippen LogP contribution in [0.4, 0.5) is 4.39 Å². The molecule has 8 heteroatoms. The molecule has 152 valence electrons. The Bertz CT molecular complexity index is 807. The van der Waals surface area contributed by atoms with Crippen molar-refractivity contribution in [3.05, 3.63) is 35.9 Å². The van der Waals surface area contributed by atoms with Gasteiger partial charge in [-0.15, -0.1) is 10.2 Å². The van der Waals surface area contributed by atoms with E-state index in [1.807, 2.05) is 25.3 Å². The lowest BCUT2D eigenvalue weighted by Crippen LogP contribution is -2.37. The molecule has 1 amide bonds. The number of hydrogen-bond acceptors (Lipinski definition) is 5. The van der Waals surface area contributed by atoms with Crippen molar-refractivity contribution in [3.8, 4) is 5.75 Å². The van der Waals surface area contributed by atoms with E-state index in [0.717, 1.165) is 12.8 Å². The Morgan fingerprint density at radius 3 is 2.71 bits per heavy atom. The smallest absolute Gasteiger partial charge is 0.233 e. The molecule has 1 fully saturated rings. The fourth-order valence-corrected chi connectivity index (χ4v) is 4.30. The van der Waals surface area contributed by atoms with E-state index in [9.17, 15) is 9.18 Å². The Balaban J connectivity index is 1.67. The van der Waals surface area contributed by atoms with Crippen LogP contribution < -0.4 is 10.1 Å². The van der Waals surface area contributed by atoms with Gasteiger partial charge in [0.2, 0.25) is 5.91 Å². The zero-order valence-corrected chi connectivity index (χ0v) is 17.3. The van der Waals surface area contributed by atoms with Crippen LogP contribution in [0.3, 0.4) is 0 Å². The number of benzene rings is 1. The van der Waals surface area contributed by atoms with Gasteiger partial charge in [0.1, 0.15) is 0 Å². The normalized spacial score (nSPS) is 16.7. The van der Waals surface area contributed by atoms with Gasteiger partial charge in [-0.2, -0.15) is 0 Å². The molecular formula is C20H27FN4O2S. The Kier molecular flexibility index (Phi) is 6.93. The van der Waals surface area contributed by atoms with E-state index in [1.165, 1.54) is 30.7 Å². The molecule has 0 bridgehead atoms. The van der Waals surface area contributed by atoms with Crippen molar-refractivity contribution < 1.29 is 13.9 Å². The topological polar surface area (TPSA) is 69.0 Å². The summed E-state index contributed by atoms with van der Waals surface area (Å²) in [6.07, 6.45) is 4.01. The highest BCUT2D eigenvalue weighted by Gasteiger charge is 2.25. The van der Waals surface area contributed by atoms with Crippen LogP contribution >= 0.6 is 11.8 Å². The highest BCUT2D eigenvalue weighted by atomic mass is 32.2. The number of thioether (sulfide) groups is 1. The molecule has 0 aliphatic heterocycles. The highest BCUT2D eigenvalue weighted by Crippen LogP contribution is 2.28. The van der Waals surface area contributed by atoms with E-state index < -0.39 is 11.9 Å². The van der Waals surface area contributed by atoms with Gasteiger partial charge in [-0.1, -0.05) is 36.7 Å². The molecule has 6 nitrogen and oxygen atoms in total. The van der Waals surface area contributed by atoms with Crippen LogP contribution in [0.5, 0.6) is 5.75 Å². The summed E-state index contributed by atoms with van der Waals surface area (Å²) in [4.78, 5) is 12.5. The van der Waals surface area contributed by atoms with E-state index in [1.54, 1.807) is 18.2 Å². The van der Waals surface area contributed by atoms with Crippen LogP contribution in [0.2, 0.25) is 0 Å². The molecule has 2 unspecified atom stereocenters. The first-order valence-electron chi connectivity index (χ1n) is 9.81. The van der Waals surface area contributed by atoms with Gasteiger partial charge in [-0.3, -0.25) is 4.79 Å². The van der Waals surface area contributed by atoms with Crippen LogP contribution in [-0.2, 0) is 11.3 Å². The monoisotopic (exact) mass is 406 g/mol. The predicted molar refractivity (Wildman–Crippen MR) is 107 cm³/mol. The molecule has 1 saturated carbocycles. The second-order valence-electron chi connectivity index (χ2n) is 7.03. The van der Waals surface area contributed by atoms with Crippen molar-refractivity contribution in [1.82, 2.24) is 20.1 Å². The number of amides is 1. The molecule has 1 aliphatic carbocycles. The lowest BCUT2D eigenvalue weighted by molar-refractivity contribution is -0.120. The quantitative estimate of drug-likeness (QED) is 0.668. The third-order valence-electron chi connectivity index (χ3n) is 4.92. The van der Waals surface area contributed by atoms with Gasteiger partial charge in [0.05, 0.1) is 5.25 Å². The number of hydrogen-bond donors (Lipinski definition) is 1. The van der Waals surface area contributed by atoms with Crippen LogP contribution in [0.25, 0.3) is 0 Å². The minimum atomic E-state index is -0.471. The summed E-state index contributed by atoms with van der Waals surface area (Å²) in [6.45, 7) is 6.30. The average molecular weight is 407 g/mol. The molecule has 1 aromatic heterocycles. The maximum absolute atomic E-state index is 13.9. The van der Waals surface area contributed by atoms with Crippen molar-refractivity contribution in [2.24, 2.45) is 0 Å². The second kappa shape index (κ2) is 9.41. The fourth-order valence-electron chi connectivity index (χ4n) is 3.37. The first-order valence-corrected chi connectivity index (χ1v) is 10.7. The largest absolute Gasteiger partial charge is 0.480 e. The molecular weight excluding hydrogens is 379 g/mol. The molecule has 1 aromatic carbocycles. The Morgan fingerprint density at radius 2 is 2.04 bits per heavy atom. The molecule has 28 heavy (non-hydrogen) atoms. The molecule has 0 radical (unpaired) electrons. The molecule has 0 spiro atoms. The lowest BCUT2D eigenvalue weighted by atomic mass is 10.2. The van der Waals surface area contributed by atoms with Crippen molar-refractivity contribution >= 4 is 17.7 Å². The van der Waals surface area contributed by atoms with Gasteiger partial charge < -0.3 is 14.6 Å². The molecule has 1 heterocycles. The first-order chi connectivity index (χ1) is 13.5. The predicted octanol–water partition coefficient (Wildman–Crippen LogP) is 4.12. The van der Waals surface area contributed by atoms with Crippen molar-refractivity contribution in [1.29, 1.82) is 0 Å². The molecule has 2 atom stereocenters. The molecule has 2 aromatic rings. The van der Waals surface area contributed by atoms with Crippen molar-refractivity contribution in [2.75, 3.05) is 0 Å². The Morgan fingerprint density at radius 1 is 1.32 bits per heavy atom. The van der Waals surface area contributed by atoms with Gasteiger partial charge in [0.15, 0.2) is 28.7 Å². The SMILES string of the molecule is CCn1c(SC(C)C(=O)NC2CCCC2)nnc1C(C)Oc1ccccc1F. The minimum absolute atomic E-state index is 0.0276. The van der Waals surface area contributed by atoms with Crippen molar-refractivity contribution in [2.45, 2.75) is 75.6 Å². The zero-order chi connectivity index (χ0) is 20.1. The van der Waals surface area contributed by atoms with Gasteiger partial charge in [0, 0.05) is 12.6 Å². The number of nitrogens with one attached hydrogen (secondary N) is 1. The average Bonchev–Trinajstić information content (AvgIpc) is 3.33. The summed E-state index contributed by atoms with van der Waals surface area (Å²) in [5.41, 5.74) is 0. The Labute approximate surface area is 169 Å². The van der Waals surface area contributed by atoms with Crippen LogP contribution in [0.1, 0.15) is 58.4 Å². The number of ether oxygens (including phenoxy) is 1. The van der Waals surface area contributed by atoms with Crippen LogP contribution in [0.15, 0.2) is 29.4 Å². The summed E-state index contributed by atoms with van der Waals surface area (Å²) in [5.74, 6) is 0.402. The summed E-state index contributed by atoms with van der Waals surface area (Å²) in [7, 11) is 0. The number of halogens is 1. The van der Waals surface area contributed by atoms with Crippen LogP contribution in [0, 0.1) is 5.82 Å². The fraction of sp³-hybridized carbons (Fsp3) is 0.550. The maximum atomic E-state index is 13.9. The number of rotatable bonds is 8. The van der Waals surface area contributed by atoms with E-state index in [0.29, 0.717) is 23.6 Å². The number of para-hydroxylation sites is 1. The maximum Gasteiger partial charge on any atom is 0.233 e. The Hall–Kier alpha value is -2.09. The van der Waals surface area contributed by atoms with Crippen LogP contribution in [-0.4, -0.2) is 32.0 Å². The summed E-state index contributed by atoms with van der Waals surface area (Å²) < 4.78 is 21.5. The zero-order valence-electron chi connectivity index (χ0n) is 16.5. The van der Waals surface area contributed by atoms with Gasteiger partial charge in [-0.25, -0.2) is 4.39 Å². The summed E-state index contributed by atoms with van der Waals surface area (Å²) in [6, 6.07) is 6.59. The third-order valence-corrected chi connectivity index (χ3v) is 6.00. The number of carbonyl (C=O) groups excluding carboxylic acids is 1. The molecule has 1 N–H and O–H groups in total. The molecule has 1 aliphatic rings. The van der Waals surface area contributed by atoms with E-state index in [2.05, 4.69) is 15.5 Å². The summed E-state index contributed by atoms with van der Waals surface area (Å²) in [5, 5.41) is 12.0. The van der Waals surface area contributed by atoms with E-state index in [-0.39, 0.29) is 16.9 Å². The summed E-state index contributed by atoms with van der Waals surface area (Å²) >= 11 is 1.38. The van der Waals surface area contributed by atoms with Crippen molar-refractivity contribution in [3.63, 3.8) is 0 Å². The first kappa shape index (κ1) is 20.6. The number of aromatic nitrogens is 3. The minimum Gasteiger partial charge on any atom is -0.480 e. The lowest BCUT2D eigenvalue weighted by Gasteiger charge is -2.18. The van der Waals surface area contributed by atoms with E-state index >= 15 is 0 Å². The standard InChI is InChI=1S/C20H27FN4O2S/c1-4-25-18(13(2)27-17-12-8-7-11-16(17)21)23-24-20(25)28-14(3)19(26)22-15-9-5-6-10-15/h7-8,11-15H,4-6,9-10H2,1-3H3,(H,22,26). The second-order valence-corrected chi connectivity index (χ2v) is 8.33. The number of nitrogens with zero attached hydrogens (tertiary/aromatic N) is 3. The van der Waals surface area contributed by atoms with Gasteiger partial charge in [0.25, 0.3) is 0 Å². The van der Waals surface area contributed by atoms with E-state index in [4.69, 9.17) is 4.74 Å². The molecule has 0 saturated heterocycles. The molecule has 3 rings (SSSR count).